The summed E-state index contributed by atoms with van der Waals surface area (Å²) in [5, 5.41) is 0. The SMILES string of the molecule is CC1CN(C2=Nc3ccc(C(F)(F)F)cc3Oc3ccccc32)CCN1C(=O)c1ccc(F)cc1. The highest BCUT2D eigenvalue weighted by Gasteiger charge is 2.34. The van der Waals surface area contributed by atoms with Gasteiger partial charge >= 0.3 is 6.18 Å². The largest absolute Gasteiger partial charge is 0.454 e. The van der Waals surface area contributed by atoms with Crippen molar-refractivity contribution in [3.63, 3.8) is 0 Å². The van der Waals surface area contributed by atoms with Crippen LogP contribution in [0.2, 0.25) is 0 Å². The number of rotatable bonds is 1. The Labute approximate surface area is 199 Å². The molecule has 0 bridgehead atoms. The molecule has 5 nitrogen and oxygen atoms in total. The highest BCUT2D eigenvalue weighted by molar-refractivity contribution is 6.04. The van der Waals surface area contributed by atoms with Gasteiger partial charge < -0.3 is 14.5 Å². The van der Waals surface area contributed by atoms with Gasteiger partial charge in [0.05, 0.1) is 11.1 Å². The van der Waals surface area contributed by atoms with Crippen LogP contribution in [0.25, 0.3) is 0 Å². The molecule has 1 amide bonds. The van der Waals surface area contributed by atoms with Gasteiger partial charge in [0.1, 0.15) is 23.1 Å². The number of nitrogens with zero attached hydrogens (tertiary/aromatic N) is 3. The normalized spacial score (nSPS) is 17.6. The van der Waals surface area contributed by atoms with Crippen molar-refractivity contribution in [1.82, 2.24) is 9.80 Å². The topological polar surface area (TPSA) is 45.1 Å². The van der Waals surface area contributed by atoms with Gasteiger partial charge in [-0.1, -0.05) is 12.1 Å². The van der Waals surface area contributed by atoms with Gasteiger partial charge in [0.25, 0.3) is 5.91 Å². The van der Waals surface area contributed by atoms with Crippen molar-refractivity contribution in [3.8, 4) is 11.5 Å². The lowest BCUT2D eigenvalue weighted by molar-refractivity contribution is -0.137. The zero-order chi connectivity index (χ0) is 24.7. The molecule has 1 unspecified atom stereocenters. The number of para-hydroxylation sites is 1. The molecule has 5 rings (SSSR count). The van der Waals surface area contributed by atoms with E-state index in [9.17, 15) is 22.4 Å². The molecule has 0 aromatic heterocycles. The van der Waals surface area contributed by atoms with E-state index >= 15 is 0 Å². The maximum absolute atomic E-state index is 13.3. The van der Waals surface area contributed by atoms with Crippen LogP contribution in [0.1, 0.15) is 28.4 Å². The molecule has 9 heteroatoms. The second kappa shape index (κ2) is 8.72. The number of amides is 1. The third-order valence-corrected chi connectivity index (χ3v) is 6.14. The fraction of sp³-hybridized carbons (Fsp3) is 0.231. The third-order valence-electron chi connectivity index (χ3n) is 6.14. The number of ether oxygens (including phenoxy) is 1. The molecule has 2 heterocycles. The maximum Gasteiger partial charge on any atom is 0.416 e. The Kier molecular flexibility index (Phi) is 5.70. The quantitative estimate of drug-likeness (QED) is 0.407. The second-order valence-corrected chi connectivity index (χ2v) is 8.51. The molecular formula is C26H21F4N3O2. The van der Waals surface area contributed by atoms with E-state index in [0.29, 0.717) is 48.0 Å². The number of hydrogen-bond donors (Lipinski definition) is 0. The summed E-state index contributed by atoms with van der Waals surface area (Å²) in [6.45, 7) is 3.23. The van der Waals surface area contributed by atoms with Gasteiger partial charge in [-0.3, -0.25) is 4.79 Å². The van der Waals surface area contributed by atoms with Crippen molar-refractivity contribution in [2.75, 3.05) is 19.6 Å². The Morgan fingerprint density at radius 3 is 2.46 bits per heavy atom. The summed E-state index contributed by atoms with van der Waals surface area (Å²) in [4.78, 5) is 21.4. The van der Waals surface area contributed by atoms with Crippen molar-refractivity contribution >= 4 is 17.4 Å². The van der Waals surface area contributed by atoms with Crippen molar-refractivity contribution in [2.45, 2.75) is 19.1 Å². The summed E-state index contributed by atoms with van der Waals surface area (Å²) < 4.78 is 58.9. The Hall–Kier alpha value is -3.88. The number of halogens is 4. The fourth-order valence-corrected chi connectivity index (χ4v) is 4.35. The molecule has 3 aromatic rings. The van der Waals surface area contributed by atoms with Crippen LogP contribution >= 0.6 is 0 Å². The first-order chi connectivity index (χ1) is 16.7. The first-order valence-corrected chi connectivity index (χ1v) is 11.1. The molecule has 1 atom stereocenters. The maximum atomic E-state index is 13.3. The Bertz CT molecular complexity index is 1300. The van der Waals surface area contributed by atoms with Crippen molar-refractivity contribution < 1.29 is 27.1 Å². The number of aliphatic imine (C=N–C) groups is 1. The van der Waals surface area contributed by atoms with Gasteiger partial charge in [-0.25, -0.2) is 9.38 Å². The lowest BCUT2D eigenvalue weighted by Gasteiger charge is -2.41. The molecule has 0 saturated carbocycles. The number of carbonyl (C=O) groups excluding carboxylic acids is 1. The zero-order valence-corrected chi connectivity index (χ0v) is 18.7. The molecule has 2 aliphatic rings. The summed E-state index contributed by atoms with van der Waals surface area (Å²) in [6, 6.07) is 15.6. The minimum absolute atomic E-state index is 0.0282. The van der Waals surface area contributed by atoms with Crippen LogP contribution < -0.4 is 4.74 Å². The van der Waals surface area contributed by atoms with Crippen LogP contribution in [0.5, 0.6) is 11.5 Å². The fourth-order valence-electron chi connectivity index (χ4n) is 4.35. The predicted octanol–water partition coefficient (Wildman–Crippen LogP) is 5.88. The first-order valence-electron chi connectivity index (χ1n) is 11.1. The molecule has 2 aliphatic heterocycles. The lowest BCUT2D eigenvalue weighted by atomic mass is 10.1. The minimum Gasteiger partial charge on any atom is -0.454 e. The van der Waals surface area contributed by atoms with E-state index in [2.05, 4.69) is 0 Å². The first kappa shape index (κ1) is 22.9. The van der Waals surface area contributed by atoms with Crippen molar-refractivity contribution in [3.05, 3.63) is 89.2 Å². The summed E-state index contributed by atoms with van der Waals surface area (Å²) in [5.74, 6) is 0.408. The van der Waals surface area contributed by atoms with Crippen LogP contribution in [0.4, 0.5) is 23.2 Å². The summed E-state index contributed by atoms with van der Waals surface area (Å²) in [5.41, 5.74) is 0.546. The zero-order valence-electron chi connectivity index (χ0n) is 18.7. The molecule has 35 heavy (non-hydrogen) atoms. The Morgan fingerprint density at radius 2 is 1.74 bits per heavy atom. The monoisotopic (exact) mass is 483 g/mol. The minimum atomic E-state index is -4.50. The molecule has 1 fully saturated rings. The van der Waals surface area contributed by atoms with E-state index in [4.69, 9.17) is 9.73 Å². The van der Waals surface area contributed by atoms with Crippen LogP contribution in [0, 0.1) is 5.82 Å². The average Bonchev–Trinajstić information content (AvgIpc) is 3.00. The van der Waals surface area contributed by atoms with E-state index in [1.54, 1.807) is 17.0 Å². The van der Waals surface area contributed by atoms with Gasteiger partial charge in [-0.2, -0.15) is 13.2 Å². The molecule has 0 N–H and O–H groups in total. The predicted molar refractivity (Wildman–Crippen MR) is 123 cm³/mol. The van der Waals surface area contributed by atoms with Gasteiger partial charge in [0, 0.05) is 31.2 Å². The summed E-state index contributed by atoms with van der Waals surface area (Å²) in [6.07, 6.45) is -4.50. The van der Waals surface area contributed by atoms with Crippen molar-refractivity contribution in [2.24, 2.45) is 4.99 Å². The number of alkyl halides is 3. The number of piperazine rings is 1. The molecular weight excluding hydrogens is 462 g/mol. The highest BCUT2D eigenvalue weighted by Crippen LogP contribution is 2.42. The van der Waals surface area contributed by atoms with Crippen molar-refractivity contribution in [1.29, 1.82) is 0 Å². The lowest BCUT2D eigenvalue weighted by Crippen LogP contribution is -2.55. The molecule has 0 spiro atoms. The van der Waals surface area contributed by atoms with Crippen LogP contribution in [0.3, 0.4) is 0 Å². The summed E-state index contributed by atoms with van der Waals surface area (Å²) in [7, 11) is 0. The number of fused-ring (bicyclic) bond motifs is 2. The third kappa shape index (κ3) is 4.45. The number of benzene rings is 3. The van der Waals surface area contributed by atoms with Gasteiger partial charge in [0.15, 0.2) is 5.75 Å². The Balaban J connectivity index is 1.45. The second-order valence-electron chi connectivity index (χ2n) is 8.51. The van der Waals surface area contributed by atoms with Crippen LogP contribution in [-0.4, -0.2) is 47.2 Å². The van der Waals surface area contributed by atoms with Gasteiger partial charge in [0.2, 0.25) is 0 Å². The van der Waals surface area contributed by atoms with E-state index in [-0.39, 0.29) is 17.7 Å². The molecule has 180 valence electrons. The molecule has 1 saturated heterocycles. The van der Waals surface area contributed by atoms with Crippen LogP contribution in [-0.2, 0) is 6.18 Å². The standard InChI is InChI=1S/C26H21F4N3O2/c1-16-15-32(12-13-33(16)25(34)17-6-9-19(27)10-7-17)24-20-4-2-3-5-22(20)35-23-14-18(26(28,29)30)8-11-21(23)31-24/h2-11,14,16H,12-13,15H2,1H3. The number of amidine groups is 1. The molecule has 3 aromatic carbocycles. The van der Waals surface area contributed by atoms with Gasteiger partial charge in [-0.05, 0) is 61.5 Å². The van der Waals surface area contributed by atoms with E-state index in [0.717, 1.165) is 12.1 Å². The average molecular weight is 483 g/mol. The molecule has 0 radical (unpaired) electrons. The van der Waals surface area contributed by atoms with Gasteiger partial charge in [-0.15, -0.1) is 0 Å². The highest BCUT2D eigenvalue weighted by atomic mass is 19.4. The number of carbonyl (C=O) groups is 1. The van der Waals surface area contributed by atoms with E-state index < -0.39 is 17.6 Å². The van der Waals surface area contributed by atoms with E-state index in [1.165, 1.54) is 30.3 Å². The van der Waals surface area contributed by atoms with E-state index in [1.807, 2.05) is 24.0 Å². The Morgan fingerprint density at radius 1 is 1.00 bits per heavy atom. The molecule has 0 aliphatic carbocycles. The van der Waals surface area contributed by atoms with Crippen LogP contribution in [0.15, 0.2) is 71.7 Å². The smallest absolute Gasteiger partial charge is 0.416 e. The summed E-state index contributed by atoms with van der Waals surface area (Å²) >= 11 is 0. The number of hydrogen-bond acceptors (Lipinski definition) is 4.